The lowest BCUT2D eigenvalue weighted by Crippen LogP contribution is -2.05. The van der Waals surface area contributed by atoms with Crippen molar-refractivity contribution in [3.05, 3.63) is 45.5 Å². The van der Waals surface area contributed by atoms with Crippen molar-refractivity contribution in [2.75, 3.05) is 0 Å². The number of nitrogens with zero attached hydrogens (tertiary/aromatic N) is 3. The van der Waals surface area contributed by atoms with E-state index in [4.69, 9.17) is 9.52 Å². The molecule has 8 heteroatoms. The van der Waals surface area contributed by atoms with Gasteiger partial charge >= 0.3 is 11.8 Å². The topological polar surface area (TPSA) is 111 Å². The average molecular weight is 251 g/mol. The van der Waals surface area contributed by atoms with Gasteiger partial charge in [0.1, 0.15) is 17.9 Å². The molecule has 1 N–H and O–H groups in total. The Kier molecular flexibility index (Phi) is 2.84. The molecule has 0 saturated heterocycles. The van der Waals surface area contributed by atoms with Crippen LogP contribution in [0.25, 0.3) is 0 Å². The fourth-order valence-electron chi connectivity index (χ4n) is 1.57. The van der Waals surface area contributed by atoms with Crippen molar-refractivity contribution in [3.63, 3.8) is 0 Å². The standard InChI is InChI=1S/C10H9N3O5/c1-6-4-12(11-9(6)13(16)17)5-8-7(10(14)15)2-3-18-8/h2-4H,5H2,1H3,(H,14,15). The highest BCUT2D eigenvalue weighted by atomic mass is 16.6. The van der Waals surface area contributed by atoms with E-state index in [9.17, 15) is 14.9 Å². The summed E-state index contributed by atoms with van der Waals surface area (Å²) in [5.41, 5.74) is 0.425. The van der Waals surface area contributed by atoms with Gasteiger partial charge in [0, 0.05) is 0 Å². The molecule has 0 aliphatic rings. The van der Waals surface area contributed by atoms with Crippen LogP contribution in [0, 0.1) is 17.0 Å². The Morgan fingerprint density at radius 2 is 2.39 bits per heavy atom. The number of hydrogen-bond acceptors (Lipinski definition) is 5. The maximum atomic E-state index is 10.9. The summed E-state index contributed by atoms with van der Waals surface area (Å²) in [6.07, 6.45) is 2.72. The Labute approximate surface area is 101 Å². The number of aromatic carboxylic acids is 1. The number of hydrogen-bond donors (Lipinski definition) is 1. The van der Waals surface area contributed by atoms with Crippen LogP contribution in [0.3, 0.4) is 0 Å². The van der Waals surface area contributed by atoms with E-state index in [-0.39, 0.29) is 23.7 Å². The fourth-order valence-corrected chi connectivity index (χ4v) is 1.57. The zero-order valence-corrected chi connectivity index (χ0v) is 9.36. The number of carboxylic acids is 1. The molecule has 2 aromatic rings. The molecule has 0 unspecified atom stereocenters. The molecule has 0 aliphatic carbocycles. The fraction of sp³-hybridized carbons (Fsp3) is 0.200. The smallest absolute Gasteiger partial charge is 0.392 e. The summed E-state index contributed by atoms with van der Waals surface area (Å²) in [6, 6.07) is 1.32. The third kappa shape index (κ3) is 2.08. The average Bonchev–Trinajstić information content (AvgIpc) is 2.85. The van der Waals surface area contributed by atoms with Crippen LogP contribution in [0.4, 0.5) is 5.82 Å². The zero-order valence-electron chi connectivity index (χ0n) is 9.36. The molecule has 0 aliphatic heterocycles. The molecule has 18 heavy (non-hydrogen) atoms. The number of aromatic nitrogens is 2. The van der Waals surface area contributed by atoms with Gasteiger partial charge < -0.3 is 19.6 Å². The highest BCUT2D eigenvalue weighted by Crippen LogP contribution is 2.17. The van der Waals surface area contributed by atoms with Gasteiger partial charge in [0.2, 0.25) is 0 Å². The Hall–Kier alpha value is -2.64. The van der Waals surface area contributed by atoms with Crippen molar-refractivity contribution in [1.29, 1.82) is 0 Å². The Balaban J connectivity index is 2.29. The second-order valence-electron chi connectivity index (χ2n) is 3.65. The molecule has 8 nitrogen and oxygen atoms in total. The van der Waals surface area contributed by atoms with Gasteiger partial charge in [-0.15, -0.1) is 0 Å². The lowest BCUT2D eigenvalue weighted by atomic mass is 10.2. The number of nitro groups is 1. The van der Waals surface area contributed by atoms with Crippen molar-refractivity contribution in [2.45, 2.75) is 13.5 Å². The van der Waals surface area contributed by atoms with Gasteiger partial charge in [-0.1, -0.05) is 0 Å². The van der Waals surface area contributed by atoms with Crippen molar-refractivity contribution >= 4 is 11.8 Å². The SMILES string of the molecule is Cc1cn(Cc2occc2C(=O)O)nc1[N+](=O)[O-]. The molecular weight excluding hydrogens is 242 g/mol. The number of carbonyl (C=O) groups is 1. The minimum atomic E-state index is -1.11. The summed E-state index contributed by atoms with van der Waals surface area (Å²) in [4.78, 5) is 20.9. The summed E-state index contributed by atoms with van der Waals surface area (Å²) in [5.74, 6) is -1.17. The molecule has 2 aromatic heterocycles. The van der Waals surface area contributed by atoms with Gasteiger partial charge in [-0.3, -0.25) is 0 Å². The Morgan fingerprint density at radius 1 is 1.67 bits per heavy atom. The number of carboxylic acid groups (broad SMARTS) is 1. The summed E-state index contributed by atoms with van der Waals surface area (Å²) in [5, 5.41) is 23.3. The second-order valence-corrected chi connectivity index (χ2v) is 3.65. The van der Waals surface area contributed by atoms with E-state index in [1.54, 1.807) is 6.92 Å². The number of furan rings is 1. The van der Waals surface area contributed by atoms with Crippen LogP contribution in [0.2, 0.25) is 0 Å². The molecule has 0 radical (unpaired) electrons. The van der Waals surface area contributed by atoms with Crippen LogP contribution in [-0.2, 0) is 6.54 Å². The van der Waals surface area contributed by atoms with Gasteiger partial charge in [0.25, 0.3) is 0 Å². The predicted molar refractivity (Wildman–Crippen MR) is 58.4 cm³/mol. The maximum absolute atomic E-state index is 10.9. The molecule has 0 spiro atoms. The first kappa shape index (κ1) is 11.8. The van der Waals surface area contributed by atoms with E-state index in [2.05, 4.69) is 5.10 Å². The molecule has 2 heterocycles. The molecule has 2 rings (SSSR count). The molecule has 0 bridgehead atoms. The third-order valence-electron chi connectivity index (χ3n) is 2.37. The minimum absolute atomic E-state index is 0.0193. The van der Waals surface area contributed by atoms with Crippen molar-refractivity contribution in [1.82, 2.24) is 9.78 Å². The van der Waals surface area contributed by atoms with E-state index in [1.165, 1.54) is 23.2 Å². The quantitative estimate of drug-likeness (QED) is 0.650. The highest BCUT2D eigenvalue weighted by molar-refractivity contribution is 5.88. The van der Waals surface area contributed by atoms with E-state index in [1.807, 2.05) is 0 Å². The number of aryl methyl sites for hydroxylation is 1. The minimum Gasteiger partial charge on any atom is -0.478 e. The molecule has 0 amide bonds. The van der Waals surface area contributed by atoms with Gasteiger partial charge in [-0.05, 0) is 17.9 Å². The summed E-state index contributed by atoms with van der Waals surface area (Å²) < 4.78 is 6.30. The van der Waals surface area contributed by atoms with Crippen LogP contribution in [-0.4, -0.2) is 25.8 Å². The van der Waals surface area contributed by atoms with Crippen LogP contribution < -0.4 is 0 Å². The monoisotopic (exact) mass is 251 g/mol. The summed E-state index contributed by atoms with van der Waals surface area (Å²) in [6.45, 7) is 1.59. The van der Waals surface area contributed by atoms with Crippen LogP contribution in [0.5, 0.6) is 0 Å². The van der Waals surface area contributed by atoms with Crippen LogP contribution >= 0.6 is 0 Å². The summed E-state index contributed by atoms with van der Waals surface area (Å²) >= 11 is 0. The molecular formula is C10H9N3O5. The first-order valence-corrected chi connectivity index (χ1v) is 4.97. The van der Waals surface area contributed by atoms with E-state index in [0.29, 0.717) is 5.56 Å². The van der Waals surface area contributed by atoms with Gasteiger partial charge in [0.15, 0.2) is 0 Å². The maximum Gasteiger partial charge on any atom is 0.392 e. The van der Waals surface area contributed by atoms with Crippen molar-refractivity contribution in [2.24, 2.45) is 0 Å². The predicted octanol–water partition coefficient (Wildman–Crippen LogP) is 1.44. The van der Waals surface area contributed by atoms with E-state index < -0.39 is 10.9 Å². The zero-order chi connectivity index (χ0) is 13.3. The van der Waals surface area contributed by atoms with Crippen molar-refractivity contribution < 1.29 is 19.2 Å². The molecule has 0 fully saturated rings. The van der Waals surface area contributed by atoms with Gasteiger partial charge in [-0.2, -0.15) is 4.68 Å². The first-order valence-electron chi connectivity index (χ1n) is 4.97. The molecule has 0 saturated carbocycles. The van der Waals surface area contributed by atoms with Gasteiger partial charge in [-0.25, -0.2) is 4.79 Å². The van der Waals surface area contributed by atoms with E-state index in [0.717, 1.165) is 0 Å². The lowest BCUT2D eigenvalue weighted by Gasteiger charge is -1.95. The third-order valence-corrected chi connectivity index (χ3v) is 2.37. The second kappa shape index (κ2) is 4.32. The highest BCUT2D eigenvalue weighted by Gasteiger charge is 2.20. The van der Waals surface area contributed by atoms with E-state index >= 15 is 0 Å². The molecule has 0 aromatic carbocycles. The largest absolute Gasteiger partial charge is 0.478 e. The van der Waals surface area contributed by atoms with Crippen LogP contribution in [0.1, 0.15) is 21.7 Å². The van der Waals surface area contributed by atoms with Crippen molar-refractivity contribution in [3.8, 4) is 0 Å². The number of rotatable bonds is 4. The normalized spacial score (nSPS) is 10.5. The Bertz CT molecular complexity index is 613. The summed E-state index contributed by atoms with van der Waals surface area (Å²) in [7, 11) is 0. The molecule has 94 valence electrons. The van der Waals surface area contributed by atoms with Gasteiger partial charge in [0.05, 0.1) is 23.1 Å². The Morgan fingerprint density at radius 3 is 2.94 bits per heavy atom. The first-order chi connectivity index (χ1) is 8.49. The van der Waals surface area contributed by atoms with Crippen LogP contribution in [0.15, 0.2) is 22.9 Å². The molecule has 0 atom stereocenters. The lowest BCUT2D eigenvalue weighted by molar-refractivity contribution is -0.390.